The van der Waals surface area contributed by atoms with Crippen LogP contribution in [0.5, 0.6) is 0 Å². The predicted molar refractivity (Wildman–Crippen MR) is 114 cm³/mol. The van der Waals surface area contributed by atoms with Gasteiger partial charge in [0.1, 0.15) is 36.8 Å². The number of carbonyl (C=O) groups is 2. The van der Waals surface area contributed by atoms with Crippen molar-refractivity contribution in [1.29, 1.82) is 0 Å². The zero-order valence-electron chi connectivity index (χ0n) is 20.5. The van der Waals surface area contributed by atoms with Crippen LogP contribution in [0.1, 0.15) is 60.3 Å². The van der Waals surface area contributed by atoms with Gasteiger partial charge in [-0.05, 0) is 34.6 Å². The molecule has 3 fully saturated rings. The summed E-state index contributed by atoms with van der Waals surface area (Å²) in [6.45, 7) is 10.1. The van der Waals surface area contributed by atoms with Crippen LogP contribution in [-0.2, 0) is 47.5 Å². The SMILES string of the molecule is COCCOC(=O)CCC1(C)OCC(C2OC(C)(C)OC2C2COC(C)(CCC(C)=O)O2)O1. The first kappa shape index (κ1) is 26.5. The quantitative estimate of drug-likeness (QED) is 0.326. The number of rotatable bonds is 11. The van der Waals surface area contributed by atoms with E-state index in [9.17, 15) is 9.59 Å². The fourth-order valence-corrected chi connectivity index (χ4v) is 4.31. The molecular formula is C23H38O10. The number of Topliss-reactive ketones (excluding diaryl/α,β-unsaturated/α-hetero) is 1. The molecule has 0 aromatic carbocycles. The van der Waals surface area contributed by atoms with Gasteiger partial charge in [-0.25, -0.2) is 0 Å². The van der Waals surface area contributed by atoms with Crippen molar-refractivity contribution in [3.63, 3.8) is 0 Å². The molecule has 3 saturated heterocycles. The Morgan fingerprint density at radius 1 is 0.818 bits per heavy atom. The summed E-state index contributed by atoms with van der Waals surface area (Å²) < 4.78 is 46.6. The normalized spacial score (nSPS) is 38.0. The molecule has 0 aliphatic carbocycles. The van der Waals surface area contributed by atoms with Gasteiger partial charge in [-0.3, -0.25) is 4.79 Å². The lowest BCUT2D eigenvalue weighted by molar-refractivity contribution is -0.187. The first-order valence-corrected chi connectivity index (χ1v) is 11.6. The number of hydrogen-bond donors (Lipinski definition) is 0. The summed E-state index contributed by atoms with van der Waals surface area (Å²) in [4.78, 5) is 23.3. The summed E-state index contributed by atoms with van der Waals surface area (Å²) in [6, 6.07) is 0. The maximum absolute atomic E-state index is 11.9. The van der Waals surface area contributed by atoms with Gasteiger partial charge in [0.15, 0.2) is 17.4 Å². The van der Waals surface area contributed by atoms with E-state index in [4.69, 9.17) is 37.9 Å². The highest BCUT2D eigenvalue weighted by molar-refractivity contribution is 5.75. The molecule has 3 aliphatic heterocycles. The molecular weight excluding hydrogens is 436 g/mol. The highest BCUT2D eigenvalue weighted by Crippen LogP contribution is 2.41. The highest BCUT2D eigenvalue weighted by Gasteiger charge is 2.55. The van der Waals surface area contributed by atoms with E-state index >= 15 is 0 Å². The second-order valence-electron chi connectivity index (χ2n) is 9.68. The van der Waals surface area contributed by atoms with E-state index in [1.54, 1.807) is 21.0 Å². The zero-order valence-corrected chi connectivity index (χ0v) is 20.5. The van der Waals surface area contributed by atoms with E-state index < -0.39 is 35.7 Å². The molecule has 10 nitrogen and oxygen atoms in total. The van der Waals surface area contributed by atoms with Crippen LogP contribution in [-0.4, -0.2) is 87.1 Å². The van der Waals surface area contributed by atoms with Gasteiger partial charge in [0.2, 0.25) is 0 Å². The number of carbonyl (C=O) groups excluding carboxylic acids is 2. The molecule has 0 aromatic heterocycles. The second kappa shape index (κ2) is 10.6. The molecule has 3 heterocycles. The lowest BCUT2D eigenvalue weighted by Crippen LogP contribution is -2.45. The molecule has 3 aliphatic rings. The summed E-state index contributed by atoms with van der Waals surface area (Å²) in [5, 5.41) is 0. The average Bonchev–Trinajstić information content (AvgIpc) is 3.41. The first-order chi connectivity index (χ1) is 15.4. The topological polar surface area (TPSA) is 108 Å². The Balaban J connectivity index is 1.57. The molecule has 6 atom stereocenters. The molecule has 6 unspecified atom stereocenters. The Kier molecular flexibility index (Phi) is 8.53. The molecule has 0 N–H and O–H groups in total. The van der Waals surface area contributed by atoms with E-state index in [-0.39, 0.29) is 30.9 Å². The minimum Gasteiger partial charge on any atom is -0.463 e. The highest BCUT2D eigenvalue weighted by atomic mass is 16.8. The fraction of sp³-hybridized carbons (Fsp3) is 0.913. The van der Waals surface area contributed by atoms with Crippen molar-refractivity contribution in [3.05, 3.63) is 0 Å². The Morgan fingerprint density at radius 2 is 1.33 bits per heavy atom. The Labute approximate surface area is 195 Å². The van der Waals surface area contributed by atoms with Gasteiger partial charge >= 0.3 is 5.97 Å². The number of ketones is 1. The lowest BCUT2D eigenvalue weighted by Gasteiger charge is -2.28. The smallest absolute Gasteiger partial charge is 0.306 e. The third kappa shape index (κ3) is 7.17. The number of methoxy groups -OCH3 is 1. The first-order valence-electron chi connectivity index (χ1n) is 11.6. The predicted octanol–water partition coefficient (Wildman–Crippen LogP) is 2.11. The van der Waals surface area contributed by atoms with Crippen LogP contribution in [0.3, 0.4) is 0 Å². The molecule has 33 heavy (non-hydrogen) atoms. The van der Waals surface area contributed by atoms with Gasteiger partial charge in [-0.1, -0.05) is 0 Å². The summed E-state index contributed by atoms with van der Waals surface area (Å²) in [7, 11) is 1.55. The number of ether oxygens (including phenoxy) is 8. The molecule has 10 heteroatoms. The van der Waals surface area contributed by atoms with Crippen LogP contribution in [0.15, 0.2) is 0 Å². The van der Waals surface area contributed by atoms with E-state index in [0.717, 1.165) is 0 Å². The molecule has 0 radical (unpaired) electrons. The molecule has 0 spiro atoms. The van der Waals surface area contributed by atoms with Gasteiger partial charge in [-0.15, -0.1) is 0 Å². The van der Waals surface area contributed by atoms with Gasteiger partial charge in [0.25, 0.3) is 0 Å². The van der Waals surface area contributed by atoms with E-state index in [1.165, 1.54) is 0 Å². The van der Waals surface area contributed by atoms with Gasteiger partial charge in [-0.2, -0.15) is 0 Å². The summed E-state index contributed by atoms with van der Waals surface area (Å²) in [6.07, 6.45) is -0.290. The molecule has 0 saturated carbocycles. The Hall–Kier alpha value is -1.14. The third-order valence-corrected chi connectivity index (χ3v) is 6.07. The average molecular weight is 475 g/mol. The summed E-state index contributed by atoms with van der Waals surface area (Å²) in [5.74, 6) is -2.85. The van der Waals surface area contributed by atoms with Crippen molar-refractivity contribution in [2.45, 2.75) is 102 Å². The molecule has 3 rings (SSSR count). The lowest BCUT2D eigenvalue weighted by atomic mass is 10.0. The minimum atomic E-state index is -0.936. The van der Waals surface area contributed by atoms with Gasteiger partial charge in [0.05, 0.1) is 26.2 Å². The second-order valence-corrected chi connectivity index (χ2v) is 9.68. The maximum Gasteiger partial charge on any atom is 0.306 e. The van der Waals surface area contributed by atoms with Crippen LogP contribution in [0, 0.1) is 0 Å². The number of hydrogen-bond acceptors (Lipinski definition) is 10. The fourth-order valence-electron chi connectivity index (χ4n) is 4.31. The van der Waals surface area contributed by atoms with Crippen molar-refractivity contribution in [2.24, 2.45) is 0 Å². The minimum absolute atomic E-state index is 0.0877. The van der Waals surface area contributed by atoms with Gasteiger partial charge in [0, 0.05) is 26.4 Å². The Bertz CT molecular complexity index is 697. The van der Waals surface area contributed by atoms with Crippen molar-refractivity contribution >= 4 is 11.8 Å². The monoisotopic (exact) mass is 474 g/mol. The molecule has 0 amide bonds. The van der Waals surface area contributed by atoms with Crippen molar-refractivity contribution in [3.8, 4) is 0 Å². The Morgan fingerprint density at radius 3 is 1.82 bits per heavy atom. The standard InChI is InChI=1S/C23H38O10/c1-15(24)7-9-22(4)28-13-16(30-22)19-20(33-21(2,3)32-19)17-14-29-23(5,31-17)10-8-18(25)27-12-11-26-6/h16-17,19-20H,7-14H2,1-6H3. The van der Waals surface area contributed by atoms with E-state index in [1.807, 2.05) is 20.8 Å². The molecule has 0 aromatic rings. The molecule has 190 valence electrons. The van der Waals surface area contributed by atoms with E-state index in [0.29, 0.717) is 39.1 Å². The van der Waals surface area contributed by atoms with Crippen LogP contribution in [0.25, 0.3) is 0 Å². The molecule has 0 bridgehead atoms. The summed E-state index contributed by atoms with van der Waals surface area (Å²) in [5.41, 5.74) is 0. The van der Waals surface area contributed by atoms with Crippen molar-refractivity contribution in [1.82, 2.24) is 0 Å². The van der Waals surface area contributed by atoms with E-state index in [2.05, 4.69) is 0 Å². The van der Waals surface area contributed by atoms with Crippen LogP contribution < -0.4 is 0 Å². The van der Waals surface area contributed by atoms with Gasteiger partial charge < -0.3 is 42.7 Å². The zero-order chi connectivity index (χ0) is 24.3. The largest absolute Gasteiger partial charge is 0.463 e. The number of esters is 1. The van der Waals surface area contributed by atoms with Crippen LogP contribution in [0.4, 0.5) is 0 Å². The van der Waals surface area contributed by atoms with Crippen LogP contribution >= 0.6 is 0 Å². The third-order valence-electron chi connectivity index (χ3n) is 6.07. The van der Waals surface area contributed by atoms with Crippen molar-refractivity contribution in [2.75, 3.05) is 33.5 Å². The maximum atomic E-state index is 11.9. The summed E-state index contributed by atoms with van der Waals surface area (Å²) >= 11 is 0. The van der Waals surface area contributed by atoms with Crippen LogP contribution in [0.2, 0.25) is 0 Å². The van der Waals surface area contributed by atoms with Crippen molar-refractivity contribution < 1.29 is 47.5 Å².